The van der Waals surface area contributed by atoms with E-state index in [9.17, 15) is 29.4 Å². The highest BCUT2D eigenvalue weighted by Crippen LogP contribution is 2.18. The summed E-state index contributed by atoms with van der Waals surface area (Å²) in [6.45, 7) is 1.25. The van der Waals surface area contributed by atoms with Gasteiger partial charge in [0.2, 0.25) is 11.8 Å². The number of aromatic amines is 1. The molecule has 0 aliphatic rings. The predicted molar refractivity (Wildman–Crippen MR) is 110 cm³/mol. The summed E-state index contributed by atoms with van der Waals surface area (Å²) in [6.07, 6.45) is -0.273. The van der Waals surface area contributed by atoms with E-state index < -0.39 is 54.4 Å². The van der Waals surface area contributed by atoms with Crippen molar-refractivity contribution in [2.45, 2.75) is 50.4 Å². The van der Waals surface area contributed by atoms with Gasteiger partial charge in [-0.25, -0.2) is 4.79 Å². The van der Waals surface area contributed by atoms with E-state index in [1.165, 1.54) is 6.92 Å². The Balaban J connectivity index is 2.03. The molecule has 0 saturated carbocycles. The Labute approximate surface area is 177 Å². The number of rotatable bonds is 11. The maximum atomic E-state index is 12.5. The van der Waals surface area contributed by atoms with Crippen LogP contribution in [0.15, 0.2) is 30.5 Å². The minimum Gasteiger partial charge on any atom is -0.481 e. The van der Waals surface area contributed by atoms with E-state index in [4.69, 9.17) is 10.8 Å². The third-order valence-electron chi connectivity index (χ3n) is 4.78. The van der Waals surface area contributed by atoms with Crippen LogP contribution in [0, 0.1) is 0 Å². The number of carbonyl (C=O) groups excluding carboxylic acids is 2. The van der Waals surface area contributed by atoms with Crippen molar-refractivity contribution in [2.24, 2.45) is 5.73 Å². The summed E-state index contributed by atoms with van der Waals surface area (Å²) >= 11 is 0. The average Bonchev–Trinajstić information content (AvgIpc) is 3.11. The number of aliphatic hydroxyl groups is 1. The molecule has 4 unspecified atom stereocenters. The van der Waals surface area contributed by atoms with E-state index in [1.54, 1.807) is 6.20 Å². The first-order valence-corrected chi connectivity index (χ1v) is 9.64. The number of hydrogen-bond donors (Lipinski definition) is 7. The summed E-state index contributed by atoms with van der Waals surface area (Å²) in [4.78, 5) is 50.0. The minimum absolute atomic E-state index is 0.167. The molecule has 31 heavy (non-hydrogen) atoms. The lowest BCUT2D eigenvalue weighted by atomic mass is 10.0. The van der Waals surface area contributed by atoms with Gasteiger partial charge in [-0.3, -0.25) is 14.4 Å². The number of carboxylic acids is 2. The van der Waals surface area contributed by atoms with Gasteiger partial charge in [-0.2, -0.15) is 0 Å². The molecule has 0 fully saturated rings. The second kappa shape index (κ2) is 10.5. The molecule has 11 nitrogen and oxygen atoms in total. The Kier molecular flexibility index (Phi) is 8.11. The first kappa shape index (κ1) is 23.8. The van der Waals surface area contributed by atoms with Crippen LogP contribution in [0.5, 0.6) is 0 Å². The molecule has 8 N–H and O–H groups in total. The zero-order chi connectivity index (χ0) is 23.1. The minimum atomic E-state index is -1.48. The quantitative estimate of drug-likeness (QED) is 0.242. The van der Waals surface area contributed by atoms with Crippen LogP contribution >= 0.6 is 0 Å². The molecule has 0 aliphatic heterocycles. The number of amides is 2. The van der Waals surface area contributed by atoms with E-state index in [-0.39, 0.29) is 12.8 Å². The highest BCUT2D eigenvalue weighted by atomic mass is 16.4. The number of aliphatic hydroxyl groups excluding tert-OH is 1. The molecule has 11 heteroatoms. The molecule has 0 aliphatic carbocycles. The van der Waals surface area contributed by atoms with Crippen LogP contribution in [0.25, 0.3) is 10.9 Å². The molecule has 0 bridgehead atoms. The lowest BCUT2D eigenvalue weighted by Crippen LogP contribution is -2.58. The number of aliphatic carboxylic acids is 2. The van der Waals surface area contributed by atoms with Gasteiger partial charge in [0.25, 0.3) is 0 Å². The number of para-hydroxylation sites is 1. The second-order valence-corrected chi connectivity index (χ2v) is 7.23. The first-order valence-electron chi connectivity index (χ1n) is 9.64. The first-order chi connectivity index (χ1) is 14.6. The molecular formula is C20H26N4O7. The lowest BCUT2D eigenvalue weighted by Gasteiger charge is -2.24. The third kappa shape index (κ3) is 6.52. The van der Waals surface area contributed by atoms with Gasteiger partial charge in [-0.05, 0) is 31.4 Å². The standard InChI is InChI=1S/C20H26N4O7/c1-10(25)17(19(29)23-15(20(30)31)6-7-16(26)27)24-18(28)13(21)8-11-9-22-14-5-3-2-4-12(11)14/h2-5,9-10,13,15,17,22,25H,6-8,21H2,1H3,(H,23,29)(H,24,28)(H,26,27)(H,30,31). The second-order valence-electron chi connectivity index (χ2n) is 7.23. The Morgan fingerprint density at radius 2 is 1.77 bits per heavy atom. The maximum absolute atomic E-state index is 12.5. The van der Waals surface area contributed by atoms with Crippen molar-refractivity contribution in [3.05, 3.63) is 36.0 Å². The average molecular weight is 434 g/mol. The van der Waals surface area contributed by atoms with E-state index in [1.807, 2.05) is 24.3 Å². The Hall–Kier alpha value is -3.44. The maximum Gasteiger partial charge on any atom is 0.326 e. The van der Waals surface area contributed by atoms with E-state index in [0.717, 1.165) is 16.5 Å². The van der Waals surface area contributed by atoms with Crippen molar-refractivity contribution >= 4 is 34.7 Å². The van der Waals surface area contributed by atoms with Crippen LogP contribution < -0.4 is 16.4 Å². The molecule has 168 valence electrons. The molecule has 1 aromatic heterocycles. The third-order valence-corrected chi connectivity index (χ3v) is 4.78. The summed E-state index contributed by atoms with van der Waals surface area (Å²) in [5.74, 6) is -4.31. The smallest absolute Gasteiger partial charge is 0.326 e. The van der Waals surface area contributed by atoms with E-state index >= 15 is 0 Å². The van der Waals surface area contributed by atoms with Gasteiger partial charge >= 0.3 is 11.9 Å². The van der Waals surface area contributed by atoms with Crippen LogP contribution in [0.2, 0.25) is 0 Å². The summed E-state index contributed by atoms with van der Waals surface area (Å²) in [5, 5.41) is 33.2. The SMILES string of the molecule is CC(O)C(NC(=O)C(N)Cc1c[nH]c2ccccc12)C(=O)NC(CCC(=O)O)C(=O)O. The number of H-pyrrole nitrogens is 1. The van der Waals surface area contributed by atoms with Gasteiger partial charge in [0.1, 0.15) is 12.1 Å². The Bertz CT molecular complexity index is 956. The van der Waals surface area contributed by atoms with Gasteiger partial charge in [-0.1, -0.05) is 18.2 Å². The van der Waals surface area contributed by atoms with Crippen LogP contribution in [0.1, 0.15) is 25.3 Å². The summed E-state index contributed by atoms with van der Waals surface area (Å²) < 4.78 is 0. The number of hydrogen-bond acceptors (Lipinski definition) is 6. The fourth-order valence-corrected chi connectivity index (χ4v) is 3.08. The van der Waals surface area contributed by atoms with Crippen LogP contribution in [-0.4, -0.2) is 68.3 Å². The highest BCUT2D eigenvalue weighted by molar-refractivity contribution is 5.92. The van der Waals surface area contributed by atoms with Crippen LogP contribution in [0.3, 0.4) is 0 Å². The zero-order valence-corrected chi connectivity index (χ0v) is 16.9. The Morgan fingerprint density at radius 1 is 1.10 bits per heavy atom. The van der Waals surface area contributed by atoms with Crippen LogP contribution in [0.4, 0.5) is 0 Å². The van der Waals surface area contributed by atoms with Crippen molar-refractivity contribution < 1.29 is 34.5 Å². The van der Waals surface area contributed by atoms with Crippen molar-refractivity contribution in [1.82, 2.24) is 15.6 Å². The highest BCUT2D eigenvalue weighted by Gasteiger charge is 2.31. The molecular weight excluding hydrogens is 408 g/mol. The van der Waals surface area contributed by atoms with E-state index in [0.29, 0.717) is 0 Å². The number of nitrogens with one attached hydrogen (secondary N) is 3. The van der Waals surface area contributed by atoms with Gasteiger partial charge in [0.05, 0.1) is 12.1 Å². The number of aromatic nitrogens is 1. The number of fused-ring (bicyclic) bond motifs is 1. The summed E-state index contributed by atoms with van der Waals surface area (Å²) in [7, 11) is 0. The van der Waals surface area contributed by atoms with Gasteiger partial charge in [-0.15, -0.1) is 0 Å². The topological polar surface area (TPSA) is 195 Å². The van der Waals surface area contributed by atoms with Crippen molar-refractivity contribution in [3.63, 3.8) is 0 Å². The van der Waals surface area contributed by atoms with Gasteiger partial charge < -0.3 is 36.7 Å². The van der Waals surface area contributed by atoms with Crippen molar-refractivity contribution in [1.29, 1.82) is 0 Å². The Morgan fingerprint density at radius 3 is 2.39 bits per heavy atom. The molecule has 0 saturated heterocycles. The monoisotopic (exact) mass is 434 g/mol. The van der Waals surface area contributed by atoms with Crippen molar-refractivity contribution in [3.8, 4) is 0 Å². The fraction of sp³-hybridized carbons (Fsp3) is 0.400. The molecule has 0 spiro atoms. The molecule has 1 heterocycles. The van der Waals surface area contributed by atoms with E-state index in [2.05, 4.69) is 15.6 Å². The largest absolute Gasteiger partial charge is 0.481 e. The molecule has 1 aromatic carbocycles. The number of benzene rings is 1. The summed E-state index contributed by atoms with van der Waals surface area (Å²) in [5.41, 5.74) is 7.66. The molecule has 4 atom stereocenters. The summed E-state index contributed by atoms with van der Waals surface area (Å²) in [6, 6.07) is 3.48. The molecule has 2 amide bonds. The van der Waals surface area contributed by atoms with Crippen molar-refractivity contribution in [2.75, 3.05) is 0 Å². The molecule has 2 rings (SSSR count). The number of carboxylic acid groups (broad SMARTS) is 2. The fourth-order valence-electron chi connectivity index (χ4n) is 3.08. The number of carbonyl (C=O) groups is 4. The van der Waals surface area contributed by atoms with Crippen LogP contribution in [-0.2, 0) is 25.6 Å². The van der Waals surface area contributed by atoms with Gasteiger partial charge in [0, 0.05) is 23.5 Å². The normalized spacial score (nSPS) is 14.9. The lowest BCUT2D eigenvalue weighted by molar-refractivity contribution is -0.144. The predicted octanol–water partition coefficient (Wildman–Crippen LogP) is -0.662. The zero-order valence-electron chi connectivity index (χ0n) is 16.9. The molecule has 0 radical (unpaired) electrons. The number of nitrogens with two attached hydrogens (primary N) is 1. The molecule has 2 aromatic rings. The van der Waals surface area contributed by atoms with Gasteiger partial charge in [0.15, 0.2) is 0 Å².